The third-order valence-corrected chi connectivity index (χ3v) is 8.54. The number of hydrogen-bond donors (Lipinski definition) is 0. The molecular formula is C28H32N4O4S. The molecule has 3 aliphatic rings. The molecule has 1 saturated heterocycles. The quantitative estimate of drug-likeness (QED) is 0.228. The lowest BCUT2D eigenvalue weighted by molar-refractivity contribution is -0.160. The Morgan fingerprint density at radius 3 is 2.30 bits per heavy atom. The summed E-state index contributed by atoms with van der Waals surface area (Å²) in [6, 6.07) is 16.2. The Kier molecular flexibility index (Phi) is 6.71. The lowest BCUT2D eigenvalue weighted by atomic mass is 9.94. The molecule has 0 unspecified atom stereocenters. The molecule has 0 radical (unpaired) electrons. The van der Waals surface area contributed by atoms with Gasteiger partial charge in [-0.3, -0.25) is 4.79 Å². The zero-order valence-electron chi connectivity index (χ0n) is 21.3. The molecule has 0 atom stereocenters. The van der Waals surface area contributed by atoms with Crippen molar-refractivity contribution in [2.75, 3.05) is 45.3 Å². The summed E-state index contributed by atoms with van der Waals surface area (Å²) >= 11 is 1.03. The second-order valence-electron chi connectivity index (χ2n) is 10.1. The van der Waals surface area contributed by atoms with E-state index < -0.39 is 0 Å². The maximum atomic E-state index is 13.9. The largest absolute Gasteiger partial charge is 0.497 e. The molecule has 1 amide bonds. The number of aromatic nitrogens is 2. The van der Waals surface area contributed by atoms with Gasteiger partial charge in [0, 0.05) is 29.8 Å². The average molecular weight is 521 g/mol. The van der Waals surface area contributed by atoms with Gasteiger partial charge >= 0.3 is 0 Å². The van der Waals surface area contributed by atoms with Crippen LogP contribution >= 0.6 is 12.0 Å². The highest BCUT2D eigenvalue weighted by Gasteiger charge is 2.45. The summed E-state index contributed by atoms with van der Waals surface area (Å²) in [5.41, 5.74) is 4.81. The van der Waals surface area contributed by atoms with Crippen LogP contribution < -0.4 is 9.64 Å². The Labute approximate surface area is 221 Å². The normalized spacial score (nSPS) is 18.8. The molecule has 2 aromatic carbocycles. The Balaban J connectivity index is 1.28. The van der Waals surface area contributed by atoms with Gasteiger partial charge < -0.3 is 14.5 Å². The third-order valence-electron chi connectivity index (χ3n) is 7.85. The van der Waals surface area contributed by atoms with E-state index in [1.807, 2.05) is 29.2 Å². The van der Waals surface area contributed by atoms with Gasteiger partial charge in [0.05, 0.1) is 31.9 Å². The summed E-state index contributed by atoms with van der Waals surface area (Å²) in [6.07, 6.45) is 5.81. The molecular weight excluding hydrogens is 488 g/mol. The predicted octanol–water partition coefficient (Wildman–Crippen LogP) is 4.80. The minimum absolute atomic E-state index is 0.0696. The van der Waals surface area contributed by atoms with Crippen molar-refractivity contribution in [3.8, 4) is 11.4 Å². The van der Waals surface area contributed by atoms with Crippen LogP contribution in [0.2, 0.25) is 0 Å². The molecule has 0 bridgehead atoms. The topological polar surface area (TPSA) is 69.1 Å². The molecule has 3 heterocycles. The van der Waals surface area contributed by atoms with Crippen molar-refractivity contribution in [3.05, 3.63) is 65.4 Å². The molecule has 1 aliphatic carbocycles. The van der Waals surface area contributed by atoms with Crippen LogP contribution in [-0.2, 0) is 21.1 Å². The first-order chi connectivity index (χ1) is 18.1. The van der Waals surface area contributed by atoms with E-state index in [0.717, 1.165) is 41.3 Å². The Hall–Kier alpha value is -2.85. The molecule has 0 spiro atoms. The third kappa shape index (κ3) is 4.65. The Morgan fingerprint density at radius 1 is 0.946 bits per heavy atom. The van der Waals surface area contributed by atoms with E-state index in [2.05, 4.69) is 29.2 Å². The first-order valence-corrected chi connectivity index (χ1v) is 13.6. The number of anilines is 1. The van der Waals surface area contributed by atoms with Gasteiger partial charge in [-0.15, -0.1) is 0 Å². The van der Waals surface area contributed by atoms with Crippen molar-refractivity contribution < 1.29 is 18.8 Å². The Bertz CT molecular complexity index is 1260. The van der Waals surface area contributed by atoms with Crippen LogP contribution in [0.25, 0.3) is 5.69 Å². The van der Waals surface area contributed by atoms with Crippen LogP contribution in [0.1, 0.15) is 47.3 Å². The van der Waals surface area contributed by atoms with Crippen molar-refractivity contribution >= 4 is 23.6 Å². The first-order valence-electron chi connectivity index (χ1n) is 12.9. The zero-order chi connectivity index (χ0) is 25.4. The fraction of sp³-hybridized carbons (Fsp3) is 0.429. The molecule has 9 heteroatoms. The number of ether oxygens (including phenoxy) is 1. The smallest absolute Gasteiger partial charge is 0.277 e. The van der Waals surface area contributed by atoms with Crippen molar-refractivity contribution in [3.63, 3.8) is 0 Å². The molecule has 1 aromatic heterocycles. The molecule has 37 heavy (non-hydrogen) atoms. The van der Waals surface area contributed by atoms with E-state index in [9.17, 15) is 4.79 Å². The number of fused-ring (bicyclic) bond motifs is 1. The maximum absolute atomic E-state index is 13.9. The number of methoxy groups -OCH3 is 1. The lowest BCUT2D eigenvalue weighted by Gasteiger charge is -2.28. The van der Waals surface area contributed by atoms with Crippen LogP contribution in [0, 0.1) is 0 Å². The van der Waals surface area contributed by atoms with Gasteiger partial charge in [-0.1, -0.05) is 12.1 Å². The monoisotopic (exact) mass is 520 g/mol. The van der Waals surface area contributed by atoms with E-state index >= 15 is 0 Å². The van der Waals surface area contributed by atoms with Gasteiger partial charge in [-0.2, -0.15) is 9.43 Å². The number of nitrogens with zero attached hydrogens (tertiary/aromatic N) is 4. The molecule has 2 fully saturated rings. The molecule has 6 rings (SSSR count). The minimum Gasteiger partial charge on any atom is -0.497 e. The summed E-state index contributed by atoms with van der Waals surface area (Å²) in [6.45, 7) is 4.19. The number of benzene rings is 2. The highest BCUT2D eigenvalue weighted by atomic mass is 32.2. The van der Waals surface area contributed by atoms with Gasteiger partial charge in [-0.25, -0.2) is 9.57 Å². The van der Waals surface area contributed by atoms with E-state index in [-0.39, 0.29) is 5.91 Å². The van der Waals surface area contributed by atoms with E-state index in [1.165, 1.54) is 51.4 Å². The Morgan fingerprint density at radius 2 is 1.65 bits per heavy atom. The SMILES string of the molecule is COOSc1nn(-c2ccc(OC)cc2)c2c1CCN(c1ccc(C3(CN4CCCC4)CC3)cc1)C2=O. The number of hydrogen-bond acceptors (Lipinski definition) is 7. The van der Waals surface area contributed by atoms with Gasteiger partial charge in [0.15, 0.2) is 5.03 Å². The number of carbonyl (C=O) groups is 1. The van der Waals surface area contributed by atoms with Gasteiger partial charge in [0.25, 0.3) is 5.91 Å². The molecule has 2 aliphatic heterocycles. The van der Waals surface area contributed by atoms with Crippen molar-refractivity contribution in [2.45, 2.75) is 42.5 Å². The summed E-state index contributed by atoms with van der Waals surface area (Å²) in [4.78, 5) is 23.2. The minimum atomic E-state index is -0.0696. The fourth-order valence-electron chi connectivity index (χ4n) is 5.67. The van der Waals surface area contributed by atoms with E-state index in [4.69, 9.17) is 19.1 Å². The van der Waals surface area contributed by atoms with Gasteiger partial charge in [0.2, 0.25) is 0 Å². The summed E-state index contributed by atoms with van der Waals surface area (Å²) in [5, 5.41) is 5.35. The van der Waals surface area contributed by atoms with E-state index in [0.29, 0.717) is 29.1 Å². The van der Waals surface area contributed by atoms with Crippen molar-refractivity contribution in [1.82, 2.24) is 14.7 Å². The summed E-state index contributed by atoms with van der Waals surface area (Å²) in [7, 11) is 3.08. The predicted molar refractivity (Wildman–Crippen MR) is 142 cm³/mol. The maximum Gasteiger partial charge on any atom is 0.277 e. The average Bonchev–Trinajstić information content (AvgIpc) is 3.35. The standard InChI is InChI=1S/C28H32N4O4S/c1-34-23-11-9-22(10-12-23)32-25-24(26(29-32)37-36-35-2)13-18-31(27(25)33)21-7-5-20(6-8-21)28(14-15-28)19-30-16-3-4-17-30/h5-12H,3-4,13-19H2,1-2H3. The number of rotatable bonds is 9. The van der Waals surface area contributed by atoms with Gasteiger partial charge in [0.1, 0.15) is 11.4 Å². The summed E-state index contributed by atoms with van der Waals surface area (Å²) in [5.74, 6) is 0.674. The second kappa shape index (κ2) is 10.1. The van der Waals surface area contributed by atoms with Crippen LogP contribution in [0.15, 0.2) is 53.6 Å². The molecule has 0 N–H and O–H groups in total. The number of amides is 1. The van der Waals surface area contributed by atoms with Crippen LogP contribution in [0.3, 0.4) is 0 Å². The second-order valence-corrected chi connectivity index (χ2v) is 10.8. The molecule has 8 nitrogen and oxygen atoms in total. The van der Waals surface area contributed by atoms with Gasteiger partial charge in [-0.05, 0) is 87.2 Å². The molecule has 1 saturated carbocycles. The summed E-state index contributed by atoms with van der Waals surface area (Å²) < 4.78 is 12.1. The number of carbonyl (C=O) groups excluding carboxylic acids is 1. The van der Waals surface area contributed by atoms with Crippen LogP contribution in [0.5, 0.6) is 5.75 Å². The molecule has 3 aromatic rings. The molecule has 194 valence electrons. The lowest BCUT2D eigenvalue weighted by Crippen LogP contribution is -2.38. The van der Waals surface area contributed by atoms with Crippen LogP contribution in [0.4, 0.5) is 5.69 Å². The first kappa shape index (κ1) is 24.5. The van der Waals surface area contributed by atoms with Crippen molar-refractivity contribution in [2.24, 2.45) is 0 Å². The fourth-order valence-corrected chi connectivity index (χ4v) is 6.22. The highest BCUT2D eigenvalue weighted by Crippen LogP contribution is 2.49. The van der Waals surface area contributed by atoms with E-state index in [1.54, 1.807) is 11.8 Å². The number of likely N-dealkylation sites (tertiary alicyclic amines) is 1. The van der Waals surface area contributed by atoms with Crippen molar-refractivity contribution in [1.29, 1.82) is 0 Å². The van der Waals surface area contributed by atoms with Crippen LogP contribution in [-0.4, -0.2) is 61.0 Å². The highest BCUT2D eigenvalue weighted by molar-refractivity contribution is 7.94. The zero-order valence-corrected chi connectivity index (χ0v) is 22.1.